The molecule has 0 aliphatic carbocycles. The molecule has 0 atom stereocenters. The standard InChI is InChI=1S/C13H10N6OS/c1-7-10(11(20)17-12-14-6-15-18-12)21-13-16-8-4-2-3-5-9(8)19(7)13/h2-6H,1H3,(H2,14,15,17,18,20). The number of H-pyrrole nitrogens is 1. The first-order valence-electron chi connectivity index (χ1n) is 6.27. The number of para-hydroxylation sites is 2. The van der Waals surface area contributed by atoms with Crippen LogP contribution in [-0.4, -0.2) is 30.5 Å². The fourth-order valence-corrected chi connectivity index (χ4v) is 3.34. The first-order chi connectivity index (χ1) is 10.2. The minimum Gasteiger partial charge on any atom is -0.290 e. The number of carbonyl (C=O) groups is 1. The van der Waals surface area contributed by atoms with Gasteiger partial charge in [0.25, 0.3) is 5.91 Å². The first-order valence-corrected chi connectivity index (χ1v) is 7.09. The van der Waals surface area contributed by atoms with Crippen LogP contribution in [0.4, 0.5) is 5.95 Å². The molecule has 0 radical (unpaired) electrons. The molecule has 4 aromatic rings. The number of rotatable bonds is 2. The number of hydrogen-bond donors (Lipinski definition) is 2. The van der Waals surface area contributed by atoms with Crippen LogP contribution in [0, 0.1) is 6.92 Å². The number of aromatic nitrogens is 5. The minimum absolute atomic E-state index is 0.219. The molecule has 0 aliphatic heterocycles. The van der Waals surface area contributed by atoms with Gasteiger partial charge < -0.3 is 0 Å². The fraction of sp³-hybridized carbons (Fsp3) is 0.0769. The number of hydrogen-bond acceptors (Lipinski definition) is 5. The summed E-state index contributed by atoms with van der Waals surface area (Å²) in [5.41, 5.74) is 2.79. The zero-order valence-electron chi connectivity index (χ0n) is 11.0. The van der Waals surface area contributed by atoms with Crippen molar-refractivity contribution in [3.63, 3.8) is 0 Å². The third-order valence-corrected chi connectivity index (χ3v) is 4.38. The summed E-state index contributed by atoms with van der Waals surface area (Å²) in [6.45, 7) is 1.91. The van der Waals surface area contributed by atoms with E-state index in [1.54, 1.807) is 0 Å². The fourth-order valence-electron chi connectivity index (χ4n) is 2.30. The topological polar surface area (TPSA) is 88.0 Å². The lowest BCUT2D eigenvalue weighted by atomic mass is 10.3. The Morgan fingerprint density at radius 2 is 2.24 bits per heavy atom. The number of thiazole rings is 1. The summed E-state index contributed by atoms with van der Waals surface area (Å²) in [6, 6.07) is 7.87. The van der Waals surface area contributed by atoms with Crippen LogP contribution in [0.15, 0.2) is 30.6 Å². The second-order valence-corrected chi connectivity index (χ2v) is 5.50. The maximum Gasteiger partial charge on any atom is 0.270 e. The molecule has 4 rings (SSSR count). The molecule has 0 saturated carbocycles. The summed E-state index contributed by atoms with van der Waals surface area (Å²) in [6.07, 6.45) is 1.34. The van der Waals surface area contributed by atoms with Crippen LogP contribution >= 0.6 is 11.3 Å². The van der Waals surface area contributed by atoms with Crippen molar-refractivity contribution in [3.05, 3.63) is 41.2 Å². The van der Waals surface area contributed by atoms with Gasteiger partial charge in [-0.15, -0.1) is 0 Å². The number of aryl methyl sites for hydroxylation is 1. The van der Waals surface area contributed by atoms with Crippen LogP contribution < -0.4 is 5.32 Å². The number of nitrogens with zero attached hydrogens (tertiary/aromatic N) is 4. The predicted octanol–water partition coefficient (Wildman–Crippen LogP) is 2.23. The number of amides is 1. The molecule has 21 heavy (non-hydrogen) atoms. The van der Waals surface area contributed by atoms with E-state index in [4.69, 9.17) is 0 Å². The molecule has 104 valence electrons. The van der Waals surface area contributed by atoms with Crippen molar-refractivity contribution in [1.82, 2.24) is 24.6 Å². The van der Waals surface area contributed by atoms with Gasteiger partial charge in [0, 0.05) is 5.69 Å². The van der Waals surface area contributed by atoms with Crippen molar-refractivity contribution in [2.45, 2.75) is 6.92 Å². The van der Waals surface area contributed by atoms with Gasteiger partial charge in [-0.3, -0.25) is 14.5 Å². The summed E-state index contributed by atoms with van der Waals surface area (Å²) in [7, 11) is 0. The van der Waals surface area contributed by atoms with Crippen molar-refractivity contribution in [3.8, 4) is 0 Å². The predicted molar refractivity (Wildman–Crippen MR) is 79.6 cm³/mol. The minimum atomic E-state index is -0.219. The van der Waals surface area contributed by atoms with Gasteiger partial charge in [-0.25, -0.2) is 10.1 Å². The van der Waals surface area contributed by atoms with E-state index >= 15 is 0 Å². The van der Waals surface area contributed by atoms with Gasteiger partial charge in [-0.1, -0.05) is 23.5 Å². The van der Waals surface area contributed by atoms with Crippen molar-refractivity contribution < 1.29 is 4.79 Å². The highest BCUT2D eigenvalue weighted by Crippen LogP contribution is 2.27. The van der Waals surface area contributed by atoms with Gasteiger partial charge in [0.15, 0.2) is 4.96 Å². The summed E-state index contributed by atoms with van der Waals surface area (Å²) in [5.74, 6) is 0.110. The van der Waals surface area contributed by atoms with E-state index in [1.165, 1.54) is 17.7 Å². The Labute approximate surface area is 122 Å². The normalized spacial score (nSPS) is 11.3. The van der Waals surface area contributed by atoms with Gasteiger partial charge in [0.1, 0.15) is 11.2 Å². The smallest absolute Gasteiger partial charge is 0.270 e. The van der Waals surface area contributed by atoms with Crippen molar-refractivity contribution in [2.24, 2.45) is 0 Å². The number of fused-ring (bicyclic) bond motifs is 3. The molecule has 0 aliphatic rings. The Kier molecular flexibility index (Phi) is 2.51. The van der Waals surface area contributed by atoms with Gasteiger partial charge in [-0.05, 0) is 19.1 Å². The molecule has 8 heteroatoms. The Balaban J connectivity index is 1.82. The zero-order valence-corrected chi connectivity index (χ0v) is 11.8. The third-order valence-electron chi connectivity index (χ3n) is 3.24. The average molecular weight is 298 g/mol. The summed E-state index contributed by atoms with van der Waals surface area (Å²) < 4.78 is 2.00. The molecule has 0 spiro atoms. The van der Waals surface area contributed by atoms with Crippen LogP contribution in [0.1, 0.15) is 15.4 Å². The third kappa shape index (κ3) is 1.80. The van der Waals surface area contributed by atoms with Crippen LogP contribution in [0.2, 0.25) is 0 Å². The number of imidazole rings is 1. The van der Waals surface area contributed by atoms with Crippen LogP contribution in [0.25, 0.3) is 16.0 Å². The quantitative estimate of drug-likeness (QED) is 0.594. The molecule has 7 nitrogen and oxygen atoms in total. The molecule has 3 heterocycles. The summed E-state index contributed by atoms with van der Waals surface area (Å²) in [4.78, 5) is 22.1. The maximum atomic E-state index is 12.3. The van der Waals surface area contributed by atoms with E-state index in [-0.39, 0.29) is 5.91 Å². The van der Waals surface area contributed by atoms with Gasteiger partial charge in [0.05, 0.1) is 11.0 Å². The van der Waals surface area contributed by atoms with Crippen LogP contribution in [-0.2, 0) is 0 Å². The lowest BCUT2D eigenvalue weighted by molar-refractivity contribution is 0.102. The molecular formula is C13H10N6OS. The van der Waals surface area contributed by atoms with Gasteiger partial charge in [-0.2, -0.15) is 10.1 Å². The van der Waals surface area contributed by atoms with Gasteiger partial charge >= 0.3 is 0 Å². The SMILES string of the molecule is Cc1c(C(=O)Nc2ncn[nH]2)sc2nc3ccccc3n12. The Hall–Kier alpha value is -2.74. The highest BCUT2D eigenvalue weighted by molar-refractivity contribution is 7.19. The zero-order chi connectivity index (χ0) is 14.4. The Morgan fingerprint density at radius 3 is 3.05 bits per heavy atom. The molecule has 0 fully saturated rings. The largest absolute Gasteiger partial charge is 0.290 e. The Morgan fingerprint density at radius 1 is 1.38 bits per heavy atom. The maximum absolute atomic E-state index is 12.3. The van der Waals surface area contributed by atoms with Crippen LogP contribution in [0.5, 0.6) is 0 Å². The van der Waals surface area contributed by atoms with Crippen molar-refractivity contribution >= 4 is 39.2 Å². The molecule has 1 aromatic carbocycles. The molecule has 2 N–H and O–H groups in total. The number of aromatic amines is 1. The summed E-state index contributed by atoms with van der Waals surface area (Å²) in [5, 5.41) is 8.98. The van der Waals surface area contributed by atoms with E-state index in [0.717, 1.165) is 21.7 Å². The highest BCUT2D eigenvalue weighted by atomic mass is 32.1. The van der Waals surface area contributed by atoms with Crippen molar-refractivity contribution in [1.29, 1.82) is 0 Å². The first kappa shape index (κ1) is 12.0. The Bertz CT molecular complexity index is 952. The van der Waals surface area contributed by atoms with E-state index < -0.39 is 0 Å². The number of benzene rings is 1. The monoisotopic (exact) mass is 298 g/mol. The second kappa shape index (κ2) is 4.38. The number of anilines is 1. The average Bonchev–Trinajstić information content (AvgIpc) is 3.15. The molecule has 1 amide bonds. The lowest BCUT2D eigenvalue weighted by Crippen LogP contribution is -2.13. The number of carbonyl (C=O) groups excluding carboxylic acids is 1. The van der Waals surface area contributed by atoms with Crippen LogP contribution in [0.3, 0.4) is 0 Å². The highest BCUT2D eigenvalue weighted by Gasteiger charge is 2.19. The van der Waals surface area contributed by atoms with E-state index in [2.05, 4.69) is 25.5 Å². The van der Waals surface area contributed by atoms with Crippen molar-refractivity contribution in [2.75, 3.05) is 5.32 Å². The van der Waals surface area contributed by atoms with E-state index in [9.17, 15) is 4.79 Å². The van der Waals surface area contributed by atoms with Gasteiger partial charge in [0.2, 0.25) is 5.95 Å². The molecular weight excluding hydrogens is 288 g/mol. The van der Waals surface area contributed by atoms with E-state index in [0.29, 0.717) is 10.8 Å². The molecule has 0 saturated heterocycles. The lowest BCUT2D eigenvalue weighted by Gasteiger charge is -2.00. The summed E-state index contributed by atoms with van der Waals surface area (Å²) >= 11 is 1.36. The molecule has 3 aromatic heterocycles. The molecule has 0 bridgehead atoms. The molecule has 0 unspecified atom stereocenters. The second-order valence-electron chi connectivity index (χ2n) is 4.52. The number of nitrogens with one attached hydrogen (secondary N) is 2. The van der Waals surface area contributed by atoms with E-state index in [1.807, 2.05) is 35.6 Å².